The molecule has 0 radical (unpaired) electrons. The van der Waals surface area contributed by atoms with Gasteiger partial charge >= 0.3 is 6.03 Å². The van der Waals surface area contributed by atoms with E-state index in [0.717, 1.165) is 24.0 Å². The van der Waals surface area contributed by atoms with E-state index in [1.54, 1.807) is 19.2 Å². The van der Waals surface area contributed by atoms with Crippen LogP contribution in [0, 0.1) is 6.92 Å². The second-order valence-corrected chi connectivity index (χ2v) is 6.81. The minimum Gasteiger partial charge on any atom is -0.495 e. The molecule has 0 aliphatic heterocycles. The van der Waals surface area contributed by atoms with E-state index < -0.39 is 0 Å². The van der Waals surface area contributed by atoms with Crippen molar-refractivity contribution < 1.29 is 9.53 Å². The van der Waals surface area contributed by atoms with Crippen LogP contribution in [0.4, 0.5) is 10.5 Å². The number of aryl methyl sites for hydroxylation is 1. The quantitative estimate of drug-likeness (QED) is 0.790. The summed E-state index contributed by atoms with van der Waals surface area (Å²) < 4.78 is 5.28. The predicted molar refractivity (Wildman–Crippen MR) is 97.3 cm³/mol. The lowest BCUT2D eigenvalue weighted by atomic mass is 10.1. The first-order chi connectivity index (χ1) is 11.4. The van der Waals surface area contributed by atoms with Crippen LogP contribution in [-0.2, 0) is 5.54 Å². The summed E-state index contributed by atoms with van der Waals surface area (Å²) in [6.07, 6.45) is 1.80. The zero-order valence-electron chi connectivity index (χ0n) is 13.5. The van der Waals surface area contributed by atoms with E-state index >= 15 is 0 Å². The number of nitrogens with one attached hydrogen (secondary N) is 2. The second kappa shape index (κ2) is 6.54. The van der Waals surface area contributed by atoms with E-state index in [2.05, 4.69) is 10.6 Å². The molecule has 3 rings (SSSR count). The Morgan fingerprint density at radius 2 is 1.83 bits per heavy atom. The zero-order chi connectivity index (χ0) is 17.3. The highest BCUT2D eigenvalue weighted by Crippen LogP contribution is 2.45. The fourth-order valence-electron chi connectivity index (χ4n) is 2.68. The lowest BCUT2D eigenvalue weighted by molar-refractivity contribution is 0.247. The van der Waals surface area contributed by atoms with E-state index in [1.807, 2.05) is 31.2 Å². The number of ether oxygens (including phenoxy) is 1. The van der Waals surface area contributed by atoms with Crippen molar-refractivity contribution in [2.24, 2.45) is 0 Å². The number of amides is 2. The summed E-state index contributed by atoms with van der Waals surface area (Å²) in [6.45, 7) is 1.88. The molecule has 2 aromatic rings. The molecular weight excluding hydrogens is 347 g/mol. The molecule has 0 saturated heterocycles. The van der Waals surface area contributed by atoms with Crippen molar-refractivity contribution in [1.29, 1.82) is 0 Å². The van der Waals surface area contributed by atoms with Crippen LogP contribution in [0.15, 0.2) is 36.4 Å². The van der Waals surface area contributed by atoms with Crippen molar-refractivity contribution in [1.82, 2.24) is 5.32 Å². The molecule has 1 aliphatic rings. The Morgan fingerprint density at radius 1 is 1.17 bits per heavy atom. The van der Waals surface area contributed by atoms with Crippen LogP contribution in [0.25, 0.3) is 0 Å². The van der Waals surface area contributed by atoms with Gasteiger partial charge in [-0.15, -0.1) is 0 Å². The summed E-state index contributed by atoms with van der Waals surface area (Å²) in [6, 6.07) is 10.8. The summed E-state index contributed by atoms with van der Waals surface area (Å²) in [4.78, 5) is 12.4. The van der Waals surface area contributed by atoms with Crippen LogP contribution in [0.1, 0.15) is 24.0 Å². The summed E-state index contributed by atoms with van der Waals surface area (Å²) in [5.41, 5.74) is 2.19. The number of methoxy groups -OCH3 is 1. The summed E-state index contributed by atoms with van der Waals surface area (Å²) in [7, 11) is 1.54. The molecule has 2 aromatic carbocycles. The number of urea groups is 1. The molecule has 4 nitrogen and oxygen atoms in total. The van der Waals surface area contributed by atoms with Gasteiger partial charge in [-0.1, -0.05) is 35.3 Å². The Bertz CT molecular complexity index is 771. The topological polar surface area (TPSA) is 50.4 Å². The number of hydrogen-bond donors (Lipinski definition) is 2. The fourth-order valence-corrected chi connectivity index (χ4v) is 2.96. The van der Waals surface area contributed by atoms with E-state index in [9.17, 15) is 4.79 Å². The first-order valence-corrected chi connectivity index (χ1v) is 8.38. The molecule has 0 aromatic heterocycles. The molecule has 0 atom stereocenters. The lowest BCUT2D eigenvalue weighted by Gasteiger charge is -2.19. The standard InChI is InChI=1S/C18H18Cl2N2O2/c1-11-9-15(16(24-2)10-14(11)20)21-17(23)22-18(7-8-18)12-3-5-13(19)6-4-12/h3-6,9-10H,7-8H2,1-2H3,(H2,21,22,23). The maximum atomic E-state index is 12.4. The summed E-state index contributed by atoms with van der Waals surface area (Å²) in [5, 5.41) is 7.18. The maximum absolute atomic E-state index is 12.4. The number of carbonyl (C=O) groups is 1. The Kier molecular flexibility index (Phi) is 4.61. The Hall–Kier alpha value is -1.91. The minimum atomic E-state index is -0.316. The third kappa shape index (κ3) is 3.45. The maximum Gasteiger partial charge on any atom is 0.320 e. The van der Waals surface area contributed by atoms with Crippen LogP contribution < -0.4 is 15.4 Å². The molecule has 0 heterocycles. The summed E-state index contributed by atoms with van der Waals surface area (Å²) in [5.74, 6) is 0.525. The van der Waals surface area contributed by atoms with E-state index in [1.165, 1.54) is 0 Å². The molecule has 1 saturated carbocycles. The number of rotatable bonds is 4. The molecule has 2 amide bonds. The smallest absolute Gasteiger partial charge is 0.320 e. The Morgan fingerprint density at radius 3 is 2.42 bits per heavy atom. The Labute approximate surface area is 151 Å². The third-order valence-electron chi connectivity index (χ3n) is 4.23. The van der Waals surface area contributed by atoms with Gasteiger partial charge in [0.15, 0.2) is 0 Å². The van der Waals surface area contributed by atoms with Gasteiger partial charge in [0.1, 0.15) is 5.75 Å². The molecule has 1 fully saturated rings. The minimum absolute atomic E-state index is 0.275. The van der Waals surface area contributed by atoms with Gasteiger partial charge in [0.2, 0.25) is 0 Å². The van der Waals surface area contributed by atoms with Gasteiger partial charge in [-0.3, -0.25) is 0 Å². The van der Waals surface area contributed by atoms with Crippen LogP contribution >= 0.6 is 23.2 Å². The normalized spacial score (nSPS) is 14.8. The largest absolute Gasteiger partial charge is 0.495 e. The second-order valence-electron chi connectivity index (χ2n) is 5.97. The predicted octanol–water partition coefficient (Wildman–Crippen LogP) is 5.12. The highest BCUT2D eigenvalue weighted by Gasteiger charge is 2.45. The van der Waals surface area contributed by atoms with Gasteiger partial charge in [-0.2, -0.15) is 0 Å². The highest BCUT2D eigenvalue weighted by molar-refractivity contribution is 6.31. The first-order valence-electron chi connectivity index (χ1n) is 7.63. The molecule has 0 spiro atoms. The first kappa shape index (κ1) is 16.9. The number of halogens is 2. The van der Waals surface area contributed by atoms with Crippen molar-refractivity contribution in [3.63, 3.8) is 0 Å². The van der Waals surface area contributed by atoms with Gasteiger partial charge in [0.25, 0.3) is 0 Å². The summed E-state index contributed by atoms with van der Waals surface area (Å²) >= 11 is 12.0. The molecule has 0 bridgehead atoms. The van der Waals surface area contributed by atoms with Crippen molar-refractivity contribution in [2.45, 2.75) is 25.3 Å². The zero-order valence-corrected chi connectivity index (χ0v) is 15.0. The van der Waals surface area contributed by atoms with Gasteiger partial charge in [-0.05, 0) is 49.1 Å². The SMILES string of the molecule is COc1cc(Cl)c(C)cc1NC(=O)NC1(c2ccc(Cl)cc2)CC1. The molecule has 2 N–H and O–H groups in total. The Balaban J connectivity index is 1.74. The van der Waals surface area contributed by atoms with Crippen LogP contribution in [0.5, 0.6) is 5.75 Å². The van der Waals surface area contributed by atoms with E-state index in [-0.39, 0.29) is 11.6 Å². The van der Waals surface area contributed by atoms with Gasteiger partial charge in [0, 0.05) is 16.1 Å². The van der Waals surface area contributed by atoms with E-state index in [4.69, 9.17) is 27.9 Å². The monoisotopic (exact) mass is 364 g/mol. The number of benzene rings is 2. The third-order valence-corrected chi connectivity index (χ3v) is 4.89. The number of carbonyl (C=O) groups excluding carboxylic acids is 1. The van der Waals surface area contributed by atoms with Crippen LogP contribution in [-0.4, -0.2) is 13.1 Å². The molecular formula is C18H18Cl2N2O2. The highest BCUT2D eigenvalue weighted by atomic mass is 35.5. The molecule has 126 valence electrons. The average Bonchev–Trinajstić information content (AvgIpc) is 3.31. The number of hydrogen-bond acceptors (Lipinski definition) is 2. The van der Waals surface area contributed by atoms with Gasteiger partial charge in [0.05, 0.1) is 18.3 Å². The molecule has 1 aliphatic carbocycles. The van der Waals surface area contributed by atoms with Crippen molar-refractivity contribution >= 4 is 34.9 Å². The molecule has 0 unspecified atom stereocenters. The van der Waals surface area contributed by atoms with Crippen molar-refractivity contribution in [2.75, 3.05) is 12.4 Å². The van der Waals surface area contributed by atoms with Gasteiger partial charge in [-0.25, -0.2) is 4.79 Å². The van der Waals surface area contributed by atoms with Crippen molar-refractivity contribution in [3.05, 3.63) is 57.6 Å². The average molecular weight is 365 g/mol. The van der Waals surface area contributed by atoms with Crippen LogP contribution in [0.3, 0.4) is 0 Å². The number of anilines is 1. The fraction of sp³-hybridized carbons (Fsp3) is 0.278. The molecule has 24 heavy (non-hydrogen) atoms. The molecule has 6 heteroatoms. The van der Waals surface area contributed by atoms with Gasteiger partial charge < -0.3 is 15.4 Å². The van der Waals surface area contributed by atoms with Crippen LogP contribution in [0.2, 0.25) is 10.0 Å². The lowest BCUT2D eigenvalue weighted by Crippen LogP contribution is -2.38. The van der Waals surface area contributed by atoms with Crippen molar-refractivity contribution in [3.8, 4) is 5.75 Å². The van der Waals surface area contributed by atoms with E-state index in [0.29, 0.717) is 21.5 Å².